The topological polar surface area (TPSA) is 0 Å². The van der Waals surface area contributed by atoms with E-state index in [0.717, 1.165) is 32.3 Å². The van der Waals surface area contributed by atoms with Gasteiger partial charge in [-0.2, -0.15) is 0 Å². The summed E-state index contributed by atoms with van der Waals surface area (Å²) in [6.07, 6.45) is 0. The molecule has 3 aliphatic rings. The van der Waals surface area contributed by atoms with E-state index < -0.39 is 0 Å². The standard InChI is InChI=1S/C44H20Cl6/c45-37-13-25-5-21-1-19-3-23-7-31-32(8-24(23)4-20(19)2-22(21)6-26(25)14-38(37)46)44-35-11-29-17-41(49)39(47)15-27(29)9-33(35)43(31)34-10-28-16-40(48)42(50)18-30(28)12-36(34)44/h1-18,43-44H. The largest absolute Gasteiger partial charge is 0.0827 e. The van der Waals surface area contributed by atoms with Crippen LogP contribution in [0.4, 0.5) is 0 Å². The minimum atomic E-state index is 0.0392. The SMILES string of the molecule is Clc1cc2cc3c(cc2cc1Cl)C1c2cc4cc(Cl)c(Cl)cc4cc2C3c2cc3cc4cc5cc6cc(Cl)c(Cl)cc6cc5cc4cc3cc21. The van der Waals surface area contributed by atoms with E-state index >= 15 is 0 Å². The van der Waals surface area contributed by atoms with Crippen molar-refractivity contribution in [2.75, 3.05) is 0 Å². The third-order valence-corrected chi connectivity index (χ3v) is 13.1. The number of rotatable bonds is 0. The van der Waals surface area contributed by atoms with Gasteiger partial charge >= 0.3 is 0 Å². The van der Waals surface area contributed by atoms with Crippen LogP contribution in [0.1, 0.15) is 45.2 Å². The first-order valence-corrected chi connectivity index (χ1v) is 18.5. The minimum Gasteiger partial charge on any atom is -0.0827 e. The zero-order valence-electron chi connectivity index (χ0n) is 25.8. The van der Waals surface area contributed by atoms with Crippen molar-refractivity contribution >= 4 is 134 Å². The van der Waals surface area contributed by atoms with Gasteiger partial charge in [-0.15, -0.1) is 0 Å². The molecular formula is C44H20Cl6. The first kappa shape index (κ1) is 30.0. The molecule has 9 aromatic rings. The summed E-state index contributed by atoms with van der Waals surface area (Å²) in [5.41, 5.74) is 7.88. The molecule has 0 heterocycles. The van der Waals surface area contributed by atoms with E-state index in [2.05, 4.69) is 72.8 Å². The van der Waals surface area contributed by atoms with Crippen molar-refractivity contribution in [1.29, 1.82) is 0 Å². The van der Waals surface area contributed by atoms with Gasteiger partial charge in [0.1, 0.15) is 0 Å². The van der Waals surface area contributed by atoms with Crippen molar-refractivity contribution < 1.29 is 0 Å². The molecule has 0 fully saturated rings. The lowest BCUT2D eigenvalue weighted by Crippen LogP contribution is -2.27. The second kappa shape index (κ2) is 10.4. The second-order valence-electron chi connectivity index (χ2n) is 13.7. The van der Waals surface area contributed by atoms with Crippen LogP contribution in [0.3, 0.4) is 0 Å². The molecule has 0 amide bonds. The third-order valence-electron chi connectivity index (χ3n) is 11.0. The summed E-state index contributed by atoms with van der Waals surface area (Å²) in [5.74, 6) is 0.0784. The smallest absolute Gasteiger partial charge is 0.0598 e. The average Bonchev–Trinajstić information content (AvgIpc) is 3.08. The molecule has 3 aliphatic carbocycles. The van der Waals surface area contributed by atoms with Crippen molar-refractivity contribution in [2.24, 2.45) is 0 Å². The molecular weight excluding hydrogens is 741 g/mol. The lowest BCUT2D eigenvalue weighted by molar-refractivity contribution is 0.761. The van der Waals surface area contributed by atoms with Crippen molar-refractivity contribution in [1.82, 2.24) is 0 Å². The summed E-state index contributed by atoms with van der Waals surface area (Å²) in [7, 11) is 0. The van der Waals surface area contributed by atoms with E-state index in [4.69, 9.17) is 69.6 Å². The van der Waals surface area contributed by atoms with Crippen LogP contribution in [-0.2, 0) is 0 Å². The monoisotopic (exact) mass is 758 g/mol. The third kappa shape index (κ3) is 4.21. The van der Waals surface area contributed by atoms with Gasteiger partial charge in [-0.05, 0) is 207 Å². The van der Waals surface area contributed by atoms with Crippen molar-refractivity contribution in [3.8, 4) is 0 Å². The van der Waals surface area contributed by atoms with Crippen LogP contribution in [-0.4, -0.2) is 0 Å². The van der Waals surface area contributed by atoms with Crippen LogP contribution in [0.2, 0.25) is 30.1 Å². The number of benzene rings is 9. The molecule has 0 N–H and O–H groups in total. The van der Waals surface area contributed by atoms with Gasteiger partial charge in [-0.25, -0.2) is 0 Å². The van der Waals surface area contributed by atoms with Gasteiger partial charge in [-0.3, -0.25) is 0 Å². The number of hydrogen-bond donors (Lipinski definition) is 0. The van der Waals surface area contributed by atoms with Crippen molar-refractivity contribution in [2.45, 2.75) is 11.8 Å². The minimum absolute atomic E-state index is 0.0392. The Morgan fingerprint density at radius 3 is 0.540 bits per heavy atom. The molecule has 0 saturated carbocycles. The summed E-state index contributed by atoms with van der Waals surface area (Å²) in [5, 5.41) is 17.0. The molecule has 2 bridgehead atoms. The van der Waals surface area contributed by atoms with Crippen molar-refractivity contribution in [3.05, 3.63) is 173 Å². The highest BCUT2D eigenvalue weighted by Gasteiger charge is 2.42. The van der Waals surface area contributed by atoms with Gasteiger partial charge in [0.25, 0.3) is 0 Å². The molecule has 0 radical (unpaired) electrons. The highest BCUT2D eigenvalue weighted by molar-refractivity contribution is 6.44. The summed E-state index contributed by atoms with van der Waals surface area (Å²) in [6.45, 7) is 0. The zero-order valence-corrected chi connectivity index (χ0v) is 30.4. The molecule has 0 nitrogen and oxygen atoms in total. The molecule has 12 rings (SSSR count). The summed E-state index contributed by atoms with van der Waals surface area (Å²) in [4.78, 5) is 0. The van der Waals surface area contributed by atoms with E-state index in [9.17, 15) is 0 Å². The number of fused-ring (bicyclic) bond motifs is 6. The summed E-state index contributed by atoms with van der Waals surface area (Å²) < 4.78 is 0. The van der Waals surface area contributed by atoms with E-state index in [1.807, 2.05) is 36.4 Å². The fraction of sp³-hybridized carbons (Fsp3) is 0.0455. The van der Waals surface area contributed by atoms with E-state index in [1.165, 1.54) is 65.7 Å². The van der Waals surface area contributed by atoms with Crippen LogP contribution < -0.4 is 0 Å². The Balaban J connectivity index is 1.18. The first-order chi connectivity index (χ1) is 24.2. The number of hydrogen-bond acceptors (Lipinski definition) is 0. The Bertz CT molecular complexity index is 2770. The molecule has 0 aromatic heterocycles. The predicted molar refractivity (Wildman–Crippen MR) is 216 cm³/mol. The van der Waals surface area contributed by atoms with Gasteiger partial charge in [0.05, 0.1) is 30.1 Å². The van der Waals surface area contributed by atoms with Crippen LogP contribution >= 0.6 is 69.6 Å². The lowest BCUT2D eigenvalue weighted by atomic mass is 9.60. The molecule has 0 aliphatic heterocycles. The maximum absolute atomic E-state index is 6.53. The van der Waals surface area contributed by atoms with Gasteiger partial charge in [0.2, 0.25) is 0 Å². The molecule has 50 heavy (non-hydrogen) atoms. The fourth-order valence-corrected chi connectivity index (χ4v) is 9.78. The average molecular weight is 761 g/mol. The van der Waals surface area contributed by atoms with Gasteiger partial charge in [0, 0.05) is 11.8 Å². The lowest BCUT2D eigenvalue weighted by Gasteiger charge is -2.43. The Hall–Kier alpha value is -3.72. The van der Waals surface area contributed by atoms with Crippen LogP contribution in [0.15, 0.2) is 109 Å². The maximum Gasteiger partial charge on any atom is 0.0598 e. The normalized spacial score (nSPS) is 16.2. The predicted octanol–water partition coefficient (Wildman–Crippen LogP) is 15.5. The highest BCUT2D eigenvalue weighted by atomic mass is 35.5. The maximum atomic E-state index is 6.53. The van der Waals surface area contributed by atoms with Gasteiger partial charge in [-0.1, -0.05) is 69.6 Å². The van der Waals surface area contributed by atoms with Gasteiger partial charge in [0.15, 0.2) is 0 Å². The molecule has 0 saturated heterocycles. The van der Waals surface area contributed by atoms with E-state index in [1.54, 1.807) is 0 Å². The Morgan fingerprint density at radius 1 is 0.200 bits per heavy atom. The second-order valence-corrected chi connectivity index (χ2v) is 16.2. The summed E-state index contributed by atoms with van der Waals surface area (Å²) >= 11 is 38.9. The van der Waals surface area contributed by atoms with E-state index in [0.29, 0.717) is 30.1 Å². The van der Waals surface area contributed by atoms with E-state index in [-0.39, 0.29) is 11.8 Å². The molecule has 6 heteroatoms. The molecule has 0 unspecified atom stereocenters. The van der Waals surface area contributed by atoms with Crippen molar-refractivity contribution in [3.63, 3.8) is 0 Å². The fourth-order valence-electron chi connectivity index (χ4n) is 8.75. The Labute approximate surface area is 316 Å². The van der Waals surface area contributed by atoms with Crippen LogP contribution in [0.25, 0.3) is 64.6 Å². The molecule has 9 aromatic carbocycles. The quantitative estimate of drug-likeness (QED) is 0.135. The zero-order chi connectivity index (χ0) is 33.7. The van der Waals surface area contributed by atoms with Crippen LogP contribution in [0, 0.1) is 0 Å². The highest BCUT2D eigenvalue weighted by Crippen LogP contribution is 2.58. The van der Waals surface area contributed by atoms with Crippen LogP contribution in [0.5, 0.6) is 0 Å². The van der Waals surface area contributed by atoms with Gasteiger partial charge < -0.3 is 0 Å². The number of halogens is 6. The Kier molecular flexibility index (Phi) is 6.25. The summed E-state index contributed by atoms with van der Waals surface area (Å²) in [6, 6.07) is 39.5. The molecule has 0 atom stereocenters. The Morgan fingerprint density at radius 2 is 0.340 bits per heavy atom. The molecule has 0 spiro atoms. The first-order valence-electron chi connectivity index (χ1n) is 16.3. The molecule has 238 valence electrons.